The Balaban J connectivity index is 2.04. The molecule has 0 heterocycles. The molecular weight excluding hydrogens is 286 g/mol. The summed E-state index contributed by atoms with van der Waals surface area (Å²) in [5, 5.41) is 0. The number of hydrogen-bond acceptors (Lipinski definition) is 3. The Labute approximate surface area is 138 Å². The lowest BCUT2D eigenvalue weighted by molar-refractivity contribution is -0.117. The summed E-state index contributed by atoms with van der Waals surface area (Å²) in [6.07, 6.45) is 0.402. The molecule has 0 saturated heterocycles. The normalized spacial score (nSPS) is 10.3. The minimum absolute atomic E-state index is 0.0835. The van der Waals surface area contributed by atoms with Crippen LogP contribution < -0.4 is 14.7 Å². The number of rotatable bonds is 5. The molecule has 23 heavy (non-hydrogen) atoms. The van der Waals surface area contributed by atoms with Gasteiger partial charge < -0.3 is 14.7 Å². The van der Waals surface area contributed by atoms with Crippen LogP contribution in [0.3, 0.4) is 0 Å². The van der Waals surface area contributed by atoms with E-state index in [1.54, 1.807) is 4.90 Å². The number of carbonyl (C=O) groups is 1. The largest absolute Gasteiger partial charge is 0.378 e. The second-order valence-corrected chi connectivity index (χ2v) is 6.10. The number of hydrogen-bond donors (Lipinski definition) is 0. The van der Waals surface area contributed by atoms with Crippen LogP contribution in [-0.2, 0) is 11.2 Å². The van der Waals surface area contributed by atoms with Crippen LogP contribution >= 0.6 is 0 Å². The smallest absolute Gasteiger partial charge is 0.231 e. The first-order valence-electron chi connectivity index (χ1n) is 7.68. The first-order valence-corrected chi connectivity index (χ1v) is 7.68. The summed E-state index contributed by atoms with van der Waals surface area (Å²) in [5.41, 5.74) is 4.19. The van der Waals surface area contributed by atoms with Gasteiger partial charge in [0.2, 0.25) is 5.91 Å². The van der Waals surface area contributed by atoms with Gasteiger partial charge in [-0.25, -0.2) is 0 Å². The van der Waals surface area contributed by atoms with E-state index < -0.39 is 0 Å². The molecule has 0 unspecified atom stereocenters. The second kappa shape index (κ2) is 7.18. The molecule has 4 heteroatoms. The van der Waals surface area contributed by atoms with E-state index in [0.29, 0.717) is 6.42 Å². The highest BCUT2D eigenvalue weighted by Gasteiger charge is 2.12. The monoisotopic (exact) mass is 311 g/mol. The van der Waals surface area contributed by atoms with Crippen molar-refractivity contribution in [3.8, 4) is 0 Å². The molecule has 0 radical (unpaired) electrons. The van der Waals surface area contributed by atoms with Gasteiger partial charge in [0, 0.05) is 52.3 Å². The van der Waals surface area contributed by atoms with Crippen LogP contribution in [-0.4, -0.2) is 41.1 Å². The average Bonchev–Trinajstić information content (AvgIpc) is 2.54. The number of likely N-dealkylation sites (N-methyl/N-ethyl adjacent to an activating group) is 1. The van der Waals surface area contributed by atoms with Crippen molar-refractivity contribution in [1.29, 1.82) is 0 Å². The molecule has 0 bridgehead atoms. The van der Waals surface area contributed by atoms with Crippen LogP contribution in [0.25, 0.3) is 0 Å². The molecule has 2 aromatic rings. The number of carbonyl (C=O) groups excluding carboxylic acids is 1. The molecule has 2 rings (SSSR count). The Morgan fingerprint density at radius 3 is 1.52 bits per heavy atom. The molecule has 0 aliphatic rings. The highest BCUT2D eigenvalue weighted by atomic mass is 16.2. The van der Waals surface area contributed by atoms with Gasteiger partial charge in [0.1, 0.15) is 0 Å². The van der Waals surface area contributed by atoms with Gasteiger partial charge in [0.05, 0.1) is 6.42 Å². The summed E-state index contributed by atoms with van der Waals surface area (Å²) in [4.78, 5) is 18.2. The second-order valence-electron chi connectivity index (χ2n) is 6.10. The molecule has 122 valence electrons. The molecule has 0 aliphatic heterocycles. The van der Waals surface area contributed by atoms with Crippen LogP contribution in [0.2, 0.25) is 0 Å². The van der Waals surface area contributed by atoms with Gasteiger partial charge >= 0.3 is 0 Å². The van der Waals surface area contributed by atoms with Crippen molar-refractivity contribution >= 4 is 23.0 Å². The van der Waals surface area contributed by atoms with Crippen LogP contribution in [0, 0.1) is 0 Å². The minimum atomic E-state index is 0.0835. The maximum atomic E-state index is 12.5. The zero-order valence-electron chi connectivity index (χ0n) is 14.6. The third-order valence-corrected chi connectivity index (χ3v) is 3.94. The first-order chi connectivity index (χ1) is 10.9. The fraction of sp³-hybridized carbons (Fsp3) is 0.316. The standard InChI is InChI=1S/C19H25N3O/c1-20(2)16-8-6-15(7-9-16)14-19(23)22(5)18-12-10-17(11-13-18)21(3)4/h6-13H,14H2,1-5H3. The van der Waals surface area contributed by atoms with Gasteiger partial charge in [-0.3, -0.25) is 4.79 Å². The van der Waals surface area contributed by atoms with E-state index in [1.807, 2.05) is 93.6 Å². The van der Waals surface area contributed by atoms with E-state index in [4.69, 9.17) is 0 Å². The maximum Gasteiger partial charge on any atom is 0.231 e. The Bertz CT molecular complexity index is 645. The summed E-state index contributed by atoms with van der Waals surface area (Å²) in [6, 6.07) is 16.1. The Kier molecular flexibility index (Phi) is 5.27. The molecule has 2 aromatic carbocycles. The Morgan fingerprint density at radius 2 is 1.09 bits per heavy atom. The van der Waals surface area contributed by atoms with Crippen molar-refractivity contribution in [3.63, 3.8) is 0 Å². The molecular formula is C19H25N3O. The van der Waals surface area contributed by atoms with Gasteiger partial charge in [-0.2, -0.15) is 0 Å². The fourth-order valence-corrected chi connectivity index (χ4v) is 2.32. The van der Waals surface area contributed by atoms with Crippen LogP contribution in [0.4, 0.5) is 17.1 Å². The maximum absolute atomic E-state index is 12.5. The zero-order chi connectivity index (χ0) is 17.0. The third kappa shape index (κ3) is 4.25. The van der Waals surface area contributed by atoms with E-state index in [2.05, 4.69) is 0 Å². The summed E-state index contributed by atoms with van der Waals surface area (Å²) < 4.78 is 0. The van der Waals surface area contributed by atoms with Gasteiger partial charge in [-0.05, 0) is 42.0 Å². The van der Waals surface area contributed by atoms with Crippen molar-refractivity contribution in [1.82, 2.24) is 0 Å². The molecule has 0 aromatic heterocycles. The molecule has 0 aliphatic carbocycles. The predicted molar refractivity (Wildman–Crippen MR) is 98.7 cm³/mol. The fourth-order valence-electron chi connectivity index (χ4n) is 2.32. The van der Waals surface area contributed by atoms with Gasteiger partial charge in [-0.15, -0.1) is 0 Å². The van der Waals surface area contributed by atoms with Gasteiger partial charge in [-0.1, -0.05) is 12.1 Å². The SMILES string of the molecule is CN(C)c1ccc(CC(=O)N(C)c2ccc(N(C)C)cc2)cc1. The van der Waals surface area contributed by atoms with E-state index >= 15 is 0 Å². The molecule has 0 N–H and O–H groups in total. The Hall–Kier alpha value is -2.49. The molecule has 0 atom stereocenters. The predicted octanol–water partition coefficient (Wildman–Crippen LogP) is 3.02. The number of amides is 1. The summed E-state index contributed by atoms with van der Waals surface area (Å²) >= 11 is 0. The van der Waals surface area contributed by atoms with E-state index in [-0.39, 0.29) is 5.91 Å². The quantitative estimate of drug-likeness (QED) is 0.849. The van der Waals surface area contributed by atoms with Crippen molar-refractivity contribution in [2.24, 2.45) is 0 Å². The van der Waals surface area contributed by atoms with Crippen molar-refractivity contribution in [2.75, 3.05) is 49.9 Å². The van der Waals surface area contributed by atoms with Crippen LogP contribution in [0.5, 0.6) is 0 Å². The van der Waals surface area contributed by atoms with E-state index in [0.717, 1.165) is 22.6 Å². The van der Waals surface area contributed by atoms with Gasteiger partial charge in [0.25, 0.3) is 0 Å². The summed E-state index contributed by atoms with van der Waals surface area (Å²) in [5.74, 6) is 0.0835. The average molecular weight is 311 g/mol. The zero-order valence-corrected chi connectivity index (χ0v) is 14.6. The highest BCUT2D eigenvalue weighted by molar-refractivity contribution is 5.94. The lowest BCUT2D eigenvalue weighted by Gasteiger charge is -2.19. The molecule has 0 spiro atoms. The van der Waals surface area contributed by atoms with E-state index in [9.17, 15) is 4.79 Å². The highest BCUT2D eigenvalue weighted by Crippen LogP contribution is 2.20. The molecule has 1 amide bonds. The number of anilines is 3. The minimum Gasteiger partial charge on any atom is -0.378 e. The van der Waals surface area contributed by atoms with Crippen molar-refractivity contribution < 1.29 is 4.79 Å². The Morgan fingerprint density at radius 1 is 0.696 bits per heavy atom. The third-order valence-electron chi connectivity index (χ3n) is 3.94. The summed E-state index contributed by atoms with van der Waals surface area (Å²) in [7, 11) is 9.83. The topological polar surface area (TPSA) is 26.8 Å². The van der Waals surface area contributed by atoms with Crippen LogP contribution in [0.1, 0.15) is 5.56 Å². The molecule has 0 saturated carbocycles. The molecule has 0 fully saturated rings. The number of benzene rings is 2. The number of nitrogens with zero attached hydrogens (tertiary/aromatic N) is 3. The first kappa shape index (κ1) is 16.9. The lowest BCUT2D eigenvalue weighted by Crippen LogP contribution is -2.27. The van der Waals surface area contributed by atoms with Gasteiger partial charge in [0.15, 0.2) is 0 Å². The molecule has 4 nitrogen and oxygen atoms in total. The van der Waals surface area contributed by atoms with E-state index in [1.165, 1.54) is 0 Å². The van der Waals surface area contributed by atoms with Crippen molar-refractivity contribution in [2.45, 2.75) is 6.42 Å². The van der Waals surface area contributed by atoms with Crippen molar-refractivity contribution in [3.05, 3.63) is 54.1 Å². The lowest BCUT2D eigenvalue weighted by atomic mass is 10.1. The van der Waals surface area contributed by atoms with Crippen LogP contribution in [0.15, 0.2) is 48.5 Å². The summed E-state index contributed by atoms with van der Waals surface area (Å²) in [6.45, 7) is 0.